The first-order valence-corrected chi connectivity index (χ1v) is 5.27. The number of nitriles is 1. The topological polar surface area (TPSA) is 33.0 Å². The fourth-order valence-corrected chi connectivity index (χ4v) is 1.51. The highest BCUT2D eigenvalue weighted by Gasteiger charge is 2.18. The lowest BCUT2D eigenvalue weighted by molar-refractivity contribution is 0.363. The molecule has 0 fully saturated rings. The lowest BCUT2D eigenvalue weighted by Gasteiger charge is -2.20. The van der Waals surface area contributed by atoms with E-state index in [9.17, 15) is 0 Å². The van der Waals surface area contributed by atoms with E-state index in [0.29, 0.717) is 17.9 Å². The highest BCUT2D eigenvalue weighted by atomic mass is 16.5. The molecule has 1 aromatic carbocycles. The number of ether oxygens (including phenoxy) is 1. The van der Waals surface area contributed by atoms with Crippen LogP contribution in [0.25, 0.3) is 0 Å². The lowest BCUT2D eigenvalue weighted by atomic mass is 9.84. The van der Waals surface area contributed by atoms with Crippen molar-refractivity contribution >= 4 is 0 Å². The fraction of sp³-hybridized carbons (Fsp3) is 0.357. The van der Waals surface area contributed by atoms with Crippen LogP contribution in [0.2, 0.25) is 0 Å². The molecule has 0 aliphatic rings. The van der Waals surface area contributed by atoms with Gasteiger partial charge in [-0.05, 0) is 23.1 Å². The van der Waals surface area contributed by atoms with Gasteiger partial charge < -0.3 is 4.74 Å². The lowest BCUT2D eigenvalue weighted by Crippen LogP contribution is -2.13. The van der Waals surface area contributed by atoms with Crippen LogP contribution >= 0.6 is 0 Å². The number of benzene rings is 1. The number of hydrogen-bond acceptors (Lipinski definition) is 2. The van der Waals surface area contributed by atoms with Crippen molar-refractivity contribution in [2.45, 2.75) is 26.2 Å². The first-order chi connectivity index (χ1) is 7.49. The van der Waals surface area contributed by atoms with Gasteiger partial charge in [-0.2, -0.15) is 5.26 Å². The van der Waals surface area contributed by atoms with Crippen LogP contribution in [0.5, 0.6) is 5.75 Å². The maximum absolute atomic E-state index is 9.11. The average Bonchev–Trinajstić information content (AvgIpc) is 2.24. The van der Waals surface area contributed by atoms with Gasteiger partial charge in [-0.25, -0.2) is 0 Å². The molecular weight excluding hydrogens is 198 g/mol. The minimum absolute atomic E-state index is 0.0258. The summed E-state index contributed by atoms with van der Waals surface area (Å²) in [4.78, 5) is 0. The summed E-state index contributed by atoms with van der Waals surface area (Å²) in [6.07, 6.45) is 1.68. The van der Waals surface area contributed by atoms with Crippen molar-refractivity contribution in [3.05, 3.63) is 42.0 Å². The van der Waals surface area contributed by atoms with Gasteiger partial charge in [-0.1, -0.05) is 39.5 Å². The molecule has 1 aromatic rings. The monoisotopic (exact) mass is 215 g/mol. The van der Waals surface area contributed by atoms with Gasteiger partial charge in [0.1, 0.15) is 12.4 Å². The van der Waals surface area contributed by atoms with E-state index in [4.69, 9.17) is 10.00 Å². The molecule has 0 aliphatic heterocycles. The van der Waals surface area contributed by atoms with Gasteiger partial charge in [0.25, 0.3) is 0 Å². The first-order valence-electron chi connectivity index (χ1n) is 5.27. The summed E-state index contributed by atoms with van der Waals surface area (Å²) in [5.74, 6) is 0.712. The van der Waals surface area contributed by atoms with Gasteiger partial charge in [-0.3, -0.25) is 0 Å². The maximum atomic E-state index is 9.11. The number of nitrogens with zero attached hydrogens (tertiary/aromatic N) is 1. The van der Waals surface area contributed by atoms with Crippen molar-refractivity contribution in [2.75, 3.05) is 6.61 Å². The first kappa shape index (κ1) is 12.3. The van der Waals surface area contributed by atoms with E-state index in [2.05, 4.69) is 33.4 Å². The van der Waals surface area contributed by atoms with Gasteiger partial charge in [0.05, 0.1) is 11.6 Å². The molecule has 2 nitrogen and oxygen atoms in total. The third-order valence-electron chi connectivity index (χ3n) is 2.29. The highest BCUT2D eigenvalue weighted by molar-refractivity contribution is 5.46. The predicted octanol–water partition coefficient (Wildman–Crippen LogP) is 3.42. The Kier molecular flexibility index (Phi) is 3.73. The van der Waals surface area contributed by atoms with Crippen molar-refractivity contribution in [3.8, 4) is 11.8 Å². The van der Waals surface area contributed by atoms with E-state index < -0.39 is 0 Å². The van der Waals surface area contributed by atoms with Crippen LogP contribution in [0.15, 0.2) is 30.9 Å². The molecular formula is C14H17NO. The molecule has 0 radical (unpaired) electrons. The van der Waals surface area contributed by atoms with Crippen molar-refractivity contribution in [2.24, 2.45) is 0 Å². The standard InChI is InChI=1S/C14H17NO/c1-5-8-16-12-6-7-13(14(2,3)4)11(9-12)10-15/h5-7,9H,1,8H2,2-4H3. The Morgan fingerprint density at radius 3 is 2.62 bits per heavy atom. The van der Waals surface area contributed by atoms with Crippen LogP contribution in [-0.4, -0.2) is 6.61 Å². The van der Waals surface area contributed by atoms with Crippen molar-refractivity contribution in [1.82, 2.24) is 0 Å². The summed E-state index contributed by atoms with van der Waals surface area (Å²) in [5.41, 5.74) is 1.69. The van der Waals surface area contributed by atoms with Gasteiger partial charge in [0.15, 0.2) is 0 Å². The minimum atomic E-state index is -0.0258. The fourth-order valence-electron chi connectivity index (χ4n) is 1.51. The molecule has 0 aromatic heterocycles. The van der Waals surface area contributed by atoms with E-state index in [1.54, 1.807) is 12.1 Å². The molecule has 0 bridgehead atoms. The van der Waals surface area contributed by atoms with E-state index in [-0.39, 0.29) is 5.41 Å². The van der Waals surface area contributed by atoms with E-state index in [1.165, 1.54) is 0 Å². The second-order valence-electron chi connectivity index (χ2n) is 4.67. The van der Waals surface area contributed by atoms with Crippen LogP contribution < -0.4 is 4.74 Å². The quantitative estimate of drug-likeness (QED) is 0.724. The summed E-state index contributed by atoms with van der Waals surface area (Å²) in [7, 11) is 0. The summed E-state index contributed by atoms with van der Waals surface area (Å²) in [6.45, 7) is 10.3. The minimum Gasteiger partial charge on any atom is -0.490 e. The second-order valence-corrected chi connectivity index (χ2v) is 4.67. The summed E-state index contributed by atoms with van der Waals surface area (Å²) >= 11 is 0. The van der Waals surface area contributed by atoms with Gasteiger partial charge in [-0.15, -0.1) is 0 Å². The molecule has 0 N–H and O–H groups in total. The van der Waals surface area contributed by atoms with E-state index in [1.807, 2.05) is 12.1 Å². The Morgan fingerprint density at radius 2 is 2.12 bits per heavy atom. The zero-order valence-electron chi connectivity index (χ0n) is 10.1. The maximum Gasteiger partial charge on any atom is 0.121 e. The van der Waals surface area contributed by atoms with Crippen LogP contribution in [0.3, 0.4) is 0 Å². The Bertz CT molecular complexity index is 421. The van der Waals surface area contributed by atoms with E-state index >= 15 is 0 Å². The van der Waals surface area contributed by atoms with Gasteiger partial charge >= 0.3 is 0 Å². The molecule has 0 aliphatic carbocycles. The summed E-state index contributed by atoms with van der Waals surface area (Å²) in [5, 5.41) is 9.11. The number of hydrogen-bond donors (Lipinski definition) is 0. The molecule has 0 amide bonds. The SMILES string of the molecule is C=CCOc1ccc(C(C)(C)C)c(C#N)c1. The Labute approximate surface area is 97.2 Å². The second kappa shape index (κ2) is 4.85. The largest absolute Gasteiger partial charge is 0.490 e. The van der Waals surface area contributed by atoms with Crippen LogP contribution in [0, 0.1) is 11.3 Å². The normalized spacial score (nSPS) is 10.6. The van der Waals surface area contributed by atoms with Crippen LogP contribution in [-0.2, 0) is 5.41 Å². The Hall–Kier alpha value is -1.75. The molecule has 0 atom stereocenters. The molecule has 0 saturated heterocycles. The summed E-state index contributed by atoms with van der Waals surface area (Å²) in [6, 6.07) is 7.84. The molecule has 0 heterocycles. The third-order valence-corrected chi connectivity index (χ3v) is 2.29. The number of rotatable bonds is 3. The molecule has 84 valence electrons. The smallest absolute Gasteiger partial charge is 0.121 e. The zero-order valence-corrected chi connectivity index (χ0v) is 10.1. The van der Waals surface area contributed by atoms with Gasteiger partial charge in [0, 0.05) is 0 Å². The van der Waals surface area contributed by atoms with Crippen molar-refractivity contribution in [3.63, 3.8) is 0 Å². The summed E-state index contributed by atoms with van der Waals surface area (Å²) < 4.78 is 5.40. The Morgan fingerprint density at radius 1 is 1.44 bits per heavy atom. The molecule has 16 heavy (non-hydrogen) atoms. The third kappa shape index (κ3) is 2.87. The van der Waals surface area contributed by atoms with Crippen molar-refractivity contribution in [1.29, 1.82) is 5.26 Å². The molecule has 0 unspecified atom stereocenters. The van der Waals surface area contributed by atoms with Gasteiger partial charge in [0.2, 0.25) is 0 Å². The van der Waals surface area contributed by atoms with Crippen molar-refractivity contribution < 1.29 is 4.74 Å². The molecule has 1 rings (SSSR count). The molecule has 2 heteroatoms. The average molecular weight is 215 g/mol. The molecule has 0 spiro atoms. The molecule has 0 saturated carbocycles. The predicted molar refractivity (Wildman–Crippen MR) is 65.5 cm³/mol. The van der Waals surface area contributed by atoms with Crippen LogP contribution in [0.4, 0.5) is 0 Å². The van der Waals surface area contributed by atoms with E-state index in [0.717, 1.165) is 5.56 Å². The Balaban J connectivity index is 3.08. The zero-order chi connectivity index (χ0) is 12.2. The highest BCUT2D eigenvalue weighted by Crippen LogP contribution is 2.28. The van der Waals surface area contributed by atoms with Crippen LogP contribution in [0.1, 0.15) is 31.9 Å².